The van der Waals surface area contributed by atoms with Crippen LogP contribution in [0.3, 0.4) is 0 Å². The Balaban J connectivity index is 1.66. The number of pyridine rings is 1. The standard InChI is InChI=1S/C22H21N3O5/c1-2-29-20-13-16(7-8-19(20)30-14-15-9-11-23-12-10-15)21(27)24-25-22(28)17-5-3-4-6-18(17)26/h3-13,26H,2,14H2,1H3,(H,24,27)(H,25,28). The molecule has 30 heavy (non-hydrogen) atoms. The molecule has 154 valence electrons. The van der Waals surface area contributed by atoms with Crippen LogP contribution < -0.4 is 20.3 Å². The molecule has 1 heterocycles. The van der Waals surface area contributed by atoms with Gasteiger partial charge in [-0.3, -0.25) is 25.4 Å². The summed E-state index contributed by atoms with van der Waals surface area (Å²) < 4.78 is 11.4. The Morgan fingerprint density at radius 2 is 1.67 bits per heavy atom. The van der Waals surface area contributed by atoms with Crippen molar-refractivity contribution in [2.45, 2.75) is 13.5 Å². The molecule has 8 heteroatoms. The number of phenolic OH excluding ortho intramolecular Hbond substituents is 1. The number of carbonyl (C=O) groups is 2. The Morgan fingerprint density at radius 1 is 0.933 bits per heavy atom. The number of amides is 2. The van der Waals surface area contributed by atoms with E-state index < -0.39 is 11.8 Å². The highest BCUT2D eigenvalue weighted by molar-refractivity contribution is 6.00. The van der Waals surface area contributed by atoms with E-state index in [-0.39, 0.29) is 16.9 Å². The van der Waals surface area contributed by atoms with Crippen LogP contribution in [0.1, 0.15) is 33.2 Å². The topological polar surface area (TPSA) is 110 Å². The highest BCUT2D eigenvalue weighted by Crippen LogP contribution is 2.29. The summed E-state index contributed by atoms with van der Waals surface area (Å²) in [5.41, 5.74) is 5.86. The SMILES string of the molecule is CCOc1cc(C(=O)NNC(=O)c2ccccc2O)ccc1OCc1ccncc1. The molecule has 0 aliphatic heterocycles. The van der Waals surface area contributed by atoms with E-state index in [0.717, 1.165) is 5.56 Å². The van der Waals surface area contributed by atoms with E-state index in [9.17, 15) is 14.7 Å². The third-order valence-electron chi connectivity index (χ3n) is 4.09. The van der Waals surface area contributed by atoms with Crippen LogP contribution in [-0.2, 0) is 6.61 Å². The van der Waals surface area contributed by atoms with Crippen molar-refractivity contribution in [3.05, 3.63) is 83.7 Å². The number of rotatable bonds is 7. The lowest BCUT2D eigenvalue weighted by atomic mass is 10.2. The Hall–Kier alpha value is -4.07. The van der Waals surface area contributed by atoms with E-state index in [1.54, 1.807) is 36.7 Å². The number of para-hydroxylation sites is 1. The summed E-state index contributed by atoms with van der Waals surface area (Å²) in [6.07, 6.45) is 3.36. The van der Waals surface area contributed by atoms with Gasteiger partial charge in [0.15, 0.2) is 11.5 Å². The zero-order valence-corrected chi connectivity index (χ0v) is 16.3. The summed E-state index contributed by atoms with van der Waals surface area (Å²) in [5.74, 6) is -0.461. The Bertz CT molecular complexity index is 1020. The molecule has 1 aromatic heterocycles. The number of nitrogens with one attached hydrogen (secondary N) is 2. The lowest BCUT2D eigenvalue weighted by Gasteiger charge is -2.14. The molecule has 0 aliphatic rings. The molecule has 0 radical (unpaired) electrons. The normalized spacial score (nSPS) is 10.2. The number of carbonyl (C=O) groups excluding carboxylic acids is 2. The van der Waals surface area contributed by atoms with E-state index in [0.29, 0.717) is 24.7 Å². The second-order valence-corrected chi connectivity index (χ2v) is 6.16. The maximum atomic E-state index is 12.4. The molecule has 0 aliphatic carbocycles. The highest BCUT2D eigenvalue weighted by Gasteiger charge is 2.14. The zero-order chi connectivity index (χ0) is 21.3. The first-order chi connectivity index (χ1) is 14.6. The molecule has 3 rings (SSSR count). The Morgan fingerprint density at radius 3 is 2.40 bits per heavy atom. The summed E-state index contributed by atoms with van der Waals surface area (Å²) in [5, 5.41) is 9.71. The van der Waals surface area contributed by atoms with Crippen LogP contribution in [0.25, 0.3) is 0 Å². The van der Waals surface area contributed by atoms with Crippen molar-refractivity contribution in [3.8, 4) is 17.2 Å². The van der Waals surface area contributed by atoms with Gasteiger partial charge in [0.1, 0.15) is 12.4 Å². The van der Waals surface area contributed by atoms with Gasteiger partial charge in [0.05, 0.1) is 12.2 Å². The van der Waals surface area contributed by atoms with Gasteiger partial charge in [-0.05, 0) is 55.0 Å². The number of benzene rings is 2. The van der Waals surface area contributed by atoms with Crippen molar-refractivity contribution in [1.82, 2.24) is 15.8 Å². The van der Waals surface area contributed by atoms with Gasteiger partial charge in [0.2, 0.25) is 0 Å². The highest BCUT2D eigenvalue weighted by atomic mass is 16.5. The second kappa shape index (κ2) is 9.92. The van der Waals surface area contributed by atoms with Crippen LogP contribution in [0.15, 0.2) is 67.0 Å². The predicted molar refractivity (Wildman–Crippen MR) is 109 cm³/mol. The number of aromatic hydroxyl groups is 1. The fraction of sp³-hybridized carbons (Fsp3) is 0.136. The molecule has 0 fully saturated rings. The summed E-state index contributed by atoms with van der Waals surface area (Å²) in [7, 11) is 0. The molecular formula is C22H21N3O5. The average Bonchev–Trinajstić information content (AvgIpc) is 2.77. The predicted octanol–water partition coefficient (Wildman–Crippen LogP) is 2.84. The number of hydrogen-bond acceptors (Lipinski definition) is 6. The molecule has 8 nitrogen and oxygen atoms in total. The van der Waals surface area contributed by atoms with E-state index in [2.05, 4.69) is 15.8 Å². The van der Waals surface area contributed by atoms with E-state index in [1.807, 2.05) is 19.1 Å². The van der Waals surface area contributed by atoms with E-state index in [1.165, 1.54) is 18.2 Å². The smallest absolute Gasteiger partial charge is 0.273 e. The van der Waals surface area contributed by atoms with Crippen LogP contribution in [0.2, 0.25) is 0 Å². The molecule has 0 saturated carbocycles. The van der Waals surface area contributed by atoms with Gasteiger partial charge in [-0.2, -0.15) is 0 Å². The zero-order valence-electron chi connectivity index (χ0n) is 16.3. The summed E-state index contributed by atoms with van der Waals surface area (Å²) >= 11 is 0. The number of phenols is 1. The van der Waals surface area contributed by atoms with Crippen molar-refractivity contribution in [3.63, 3.8) is 0 Å². The molecule has 0 saturated heterocycles. The Labute approximate surface area is 173 Å². The van der Waals surface area contributed by atoms with Crippen LogP contribution in [0.5, 0.6) is 17.2 Å². The monoisotopic (exact) mass is 407 g/mol. The first-order valence-corrected chi connectivity index (χ1v) is 9.25. The van der Waals surface area contributed by atoms with Crippen molar-refractivity contribution in [1.29, 1.82) is 0 Å². The number of aromatic nitrogens is 1. The molecule has 3 N–H and O–H groups in total. The van der Waals surface area contributed by atoms with Gasteiger partial charge in [0, 0.05) is 18.0 Å². The second-order valence-electron chi connectivity index (χ2n) is 6.16. The van der Waals surface area contributed by atoms with Gasteiger partial charge in [-0.1, -0.05) is 12.1 Å². The van der Waals surface area contributed by atoms with Gasteiger partial charge < -0.3 is 14.6 Å². The van der Waals surface area contributed by atoms with Crippen LogP contribution >= 0.6 is 0 Å². The van der Waals surface area contributed by atoms with Crippen LogP contribution in [0.4, 0.5) is 0 Å². The average molecular weight is 407 g/mol. The van der Waals surface area contributed by atoms with E-state index >= 15 is 0 Å². The number of ether oxygens (including phenoxy) is 2. The van der Waals surface area contributed by atoms with Crippen LogP contribution in [0, 0.1) is 0 Å². The molecular weight excluding hydrogens is 386 g/mol. The molecule has 0 bridgehead atoms. The fourth-order valence-corrected chi connectivity index (χ4v) is 2.60. The third kappa shape index (κ3) is 5.26. The van der Waals surface area contributed by atoms with Gasteiger partial charge in [0.25, 0.3) is 11.8 Å². The molecule has 0 spiro atoms. The molecule has 0 unspecified atom stereocenters. The molecule has 2 amide bonds. The minimum Gasteiger partial charge on any atom is -0.507 e. The maximum absolute atomic E-state index is 12.4. The van der Waals surface area contributed by atoms with Crippen molar-refractivity contribution in [2.24, 2.45) is 0 Å². The number of hydrazine groups is 1. The van der Waals surface area contributed by atoms with Crippen LogP contribution in [-0.4, -0.2) is 28.5 Å². The van der Waals surface area contributed by atoms with Gasteiger partial charge in [-0.25, -0.2) is 0 Å². The lowest BCUT2D eigenvalue weighted by Crippen LogP contribution is -2.41. The third-order valence-corrected chi connectivity index (χ3v) is 4.09. The van der Waals surface area contributed by atoms with Gasteiger partial charge >= 0.3 is 0 Å². The quantitative estimate of drug-likeness (QED) is 0.520. The summed E-state index contributed by atoms with van der Waals surface area (Å²) in [4.78, 5) is 28.5. The largest absolute Gasteiger partial charge is 0.507 e. The van der Waals surface area contributed by atoms with Crippen molar-refractivity contribution in [2.75, 3.05) is 6.61 Å². The van der Waals surface area contributed by atoms with Crippen molar-refractivity contribution >= 4 is 11.8 Å². The lowest BCUT2D eigenvalue weighted by molar-refractivity contribution is 0.0844. The van der Waals surface area contributed by atoms with Gasteiger partial charge in [-0.15, -0.1) is 0 Å². The summed E-state index contributed by atoms with van der Waals surface area (Å²) in [6.45, 7) is 2.54. The number of nitrogens with zero attached hydrogens (tertiary/aromatic N) is 1. The summed E-state index contributed by atoms with van der Waals surface area (Å²) in [6, 6.07) is 14.4. The fourth-order valence-electron chi connectivity index (χ4n) is 2.60. The van der Waals surface area contributed by atoms with E-state index in [4.69, 9.17) is 9.47 Å². The molecule has 0 atom stereocenters. The first kappa shape index (κ1) is 20.7. The minimum absolute atomic E-state index is 0.0488. The minimum atomic E-state index is -0.635. The molecule has 3 aromatic rings. The maximum Gasteiger partial charge on any atom is 0.273 e. The Kier molecular flexibility index (Phi) is 6.83. The first-order valence-electron chi connectivity index (χ1n) is 9.25. The van der Waals surface area contributed by atoms with Crippen molar-refractivity contribution < 1.29 is 24.2 Å². The number of hydrogen-bond donors (Lipinski definition) is 3. The molecule has 2 aromatic carbocycles.